The summed E-state index contributed by atoms with van der Waals surface area (Å²) >= 11 is 1.72. The van der Waals surface area contributed by atoms with Crippen LogP contribution in [0.25, 0.3) is 10.3 Å². The topological polar surface area (TPSA) is 29.3 Å². The average Bonchev–Trinajstić information content (AvgIpc) is 2.79. The number of thiophene rings is 1. The van der Waals surface area contributed by atoms with E-state index in [1.165, 1.54) is 24.0 Å². The molecule has 74 valence electrons. The highest BCUT2D eigenvalue weighted by molar-refractivity contribution is 7.17. The van der Waals surface area contributed by atoms with Gasteiger partial charge in [-0.2, -0.15) is 0 Å². The number of piperidine rings is 1. The molecule has 4 heteroatoms. The molecule has 0 N–H and O–H groups in total. The molecule has 2 aromatic heterocycles. The molecule has 0 saturated carbocycles. The molecule has 14 heavy (non-hydrogen) atoms. The van der Waals surface area contributed by atoms with E-state index in [9.17, 15) is 0 Å². The number of aromatic nitrogens is 1. The Morgan fingerprint density at radius 3 is 3.00 bits per heavy atom. The van der Waals surface area contributed by atoms with Crippen LogP contribution in [0.4, 0.5) is 5.82 Å². The lowest BCUT2D eigenvalue weighted by Crippen LogP contribution is -2.29. The first-order chi connectivity index (χ1) is 6.95. The van der Waals surface area contributed by atoms with E-state index >= 15 is 0 Å². The Labute approximate surface area is 86.3 Å². The third-order valence-corrected chi connectivity index (χ3v) is 3.61. The van der Waals surface area contributed by atoms with Crippen molar-refractivity contribution in [2.45, 2.75) is 19.3 Å². The number of nitrogens with zero attached hydrogens (tertiary/aromatic N) is 2. The predicted molar refractivity (Wildman–Crippen MR) is 58.0 cm³/mol. The van der Waals surface area contributed by atoms with E-state index in [1.54, 1.807) is 11.3 Å². The van der Waals surface area contributed by atoms with Gasteiger partial charge in [0.25, 0.3) is 0 Å². The second kappa shape index (κ2) is 3.28. The Balaban J connectivity index is 1.99. The van der Waals surface area contributed by atoms with Gasteiger partial charge in [-0.1, -0.05) is 5.16 Å². The van der Waals surface area contributed by atoms with Crippen LogP contribution in [0.2, 0.25) is 0 Å². The zero-order valence-corrected chi connectivity index (χ0v) is 8.72. The Morgan fingerprint density at radius 1 is 1.29 bits per heavy atom. The maximum Gasteiger partial charge on any atom is 0.190 e. The van der Waals surface area contributed by atoms with Crippen molar-refractivity contribution in [3.05, 3.63) is 11.4 Å². The number of fused-ring (bicyclic) bond motifs is 1. The minimum absolute atomic E-state index is 0.926. The van der Waals surface area contributed by atoms with Crippen molar-refractivity contribution < 1.29 is 4.52 Å². The predicted octanol–water partition coefficient (Wildman–Crippen LogP) is 2.88. The van der Waals surface area contributed by atoms with E-state index in [2.05, 4.69) is 15.4 Å². The van der Waals surface area contributed by atoms with Gasteiger partial charge in [0.15, 0.2) is 11.4 Å². The molecular weight excluding hydrogens is 196 g/mol. The molecule has 1 saturated heterocycles. The van der Waals surface area contributed by atoms with Gasteiger partial charge in [0.1, 0.15) is 4.70 Å². The first kappa shape index (κ1) is 8.29. The Morgan fingerprint density at radius 2 is 2.14 bits per heavy atom. The minimum Gasteiger partial charge on any atom is -0.353 e. The Bertz CT molecular complexity index is 428. The molecule has 3 nitrogen and oxygen atoms in total. The first-order valence-electron chi connectivity index (χ1n) is 5.03. The van der Waals surface area contributed by atoms with E-state index in [4.69, 9.17) is 4.52 Å². The molecule has 0 aromatic carbocycles. The smallest absolute Gasteiger partial charge is 0.190 e. The van der Waals surface area contributed by atoms with Crippen LogP contribution in [-0.4, -0.2) is 18.2 Å². The van der Waals surface area contributed by atoms with Crippen molar-refractivity contribution in [2.24, 2.45) is 0 Å². The molecule has 0 radical (unpaired) electrons. The molecular formula is C10H12N2OS. The quantitative estimate of drug-likeness (QED) is 0.721. The minimum atomic E-state index is 0.926. The third kappa shape index (κ3) is 1.21. The van der Waals surface area contributed by atoms with Gasteiger partial charge in [-0.05, 0) is 30.7 Å². The highest BCUT2D eigenvalue weighted by Crippen LogP contribution is 2.32. The van der Waals surface area contributed by atoms with Gasteiger partial charge in [-0.15, -0.1) is 11.3 Å². The van der Waals surface area contributed by atoms with E-state index in [1.807, 2.05) is 6.07 Å². The number of rotatable bonds is 1. The number of anilines is 1. The van der Waals surface area contributed by atoms with Crippen LogP contribution in [0.3, 0.4) is 0 Å². The lowest BCUT2D eigenvalue weighted by molar-refractivity contribution is 0.450. The maximum absolute atomic E-state index is 5.26. The third-order valence-electron chi connectivity index (χ3n) is 2.72. The summed E-state index contributed by atoms with van der Waals surface area (Å²) in [5.74, 6) is 1.05. The van der Waals surface area contributed by atoms with Crippen molar-refractivity contribution >= 4 is 27.4 Å². The zero-order valence-electron chi connectivity index (χ0n) is 7.90. The molecule has 0 unspecified atom stereocenters. The van der Waals surface area contributed by atoms with Gasteiger partial charge in [0.2, 0.25) is 0 Å². The standard InChI is InChI=1S/C10H12N2OS/c1-2-5-12(6-3-1)10-9-8(13-11-10)4-7-14-9/h4,7H,1-3,5-6H2. The van der Waals surface area contributed by atoms with Crippen LogP contribution in [-0.2, 0) is 0 Å². The Kier molecular flexibility index (Phi) is 1.94. The first-order valence-corrected chi connectivity index (χ1v) is 5.91. The highest BCUT2D eigenvalue weighted by atomic mass is 32.1. The summed E-state index contributed by atoms with van der Waals surface area (Å²) < 4.78 is 6.46. The van der Waals surface area contributed by atoms with Crippen LogP contribution < -0.4 is 4.90 Å². The van der Waals surface area contributed by atoms with Crippen LogP contribution in [0.5, 0.6) is 0 Å². The van der Waals surface area contributed by atoms with Crippen molar-refractivity contribution in [1.29, 1.82) is 0 Å². The monoisotopic (exact) mass is 208 g/mol. The molecule has 0 bridgehead atoms. The fourth-order valence-electron chi connectivity index (χ4n) is 1.97. The SMILES string of the molecule is c1cc2onc(N3CCCCC3)c2s1. The van der Waals surface area contributed by atoms with Crippen molar-refractivity contribution in [1.82, 2.24) is 5.16 Å². The van der Waals surface area contributed by atoms with Gasteiger partial charge in [0, 0.05) is 13.1 Å². The summed E-state index contributed by atoms with van der Waals surface area (Å²) in [7, 11) is 0. The molecule has 1 aliphatic heterocycles. The van der Waals surface area contributed by atoms with Crippen LogP contribution in [0.15, 0.2) is 16.0 Å². The highest BCUT2D eigenvalue weighted by Gasteiger charge is 2.18. The lowest BCUT2D eigenvalue weighted by atomic mass is 10.1. The normalized spacial score (nSPS) is 17.9. The molecule has 3 rings (SSSR count). The van der Waals surface area contributed by atoms with Crippen molar-refractivity contribution in [3.63, 3.8) is 0 Å². The van der Waals surface area contributed by atoms with Crippen molar-refractivity contribution in [2.75, 3.05) is 18.0 Å². The summed E-state index contributed by atoms with van der Waals surface area (Å²) in [6, 6.07) is 1.99. The van der Waals surface area contributed by atoms with Gasteiger partial charge in [0.05, 0.1) is 0 Å². The van der Waals surface area contributed by atoms with Crippen LogP contribution in [0.1, 0.15) is 19.3 Å². The van der Waals surface area contributed by atoms with E-state index in [-0.39, 0.29) is 0 Å². The second-order valence-corrected chi connectivity index (χ2v) is 4.58. The molecule has 0 amide bonds. The maximum atomic E-state index is 5.26. The van der Waals surface area contributed by atoms with Gasteiger partial charge < -0.3 is 9.42 Å². The summed E-state index contributed by atoms with van der Waals surface area (Å²) in [5.41, 5.74) is 0.926. The van der Waals surface area contributed by atoms with E-state index < -0.39 is 0 Å². The van der Waals surface area contributed by atoms with E-state index in [0.29, 0.717) is 0 Å². The molecule has 0 aliphatic carbocycles. The zero-order chi connectivity index (χ0) is 9.38. The number of hydrogen-bond acceptors (Lipinski definition) is 4. The van der Waals surface area contributed by atoms with Crippen LogP contribution in [0, 0.1) is 0 Å². The lowest BCUT2D eigenvalue weighted by Gasteiger charge is -2.25. The number of hydrogen-bond donors (Lipinski definition) is 0. The van der Waals surface area contributed by atoms with Crippen molar-refractivity contribution in [3.8, 4) is 0 Å². The van der Waals surface area contributed by atoms with E-state index in [0.717, 1.165) is 24.5 Å². The summed E-state index contributed by atoms with van der Waals surface area (Å²) in [6.07, 6.45) is 3.90. The van der Waals surface area contributed by atoms with Gasteiger partial charge >= 0.3 is 0 Å². The van der Waals surface area contributed by atoms with Gasteiger partial charge in [-0.25, -0.2) is 0 Å². The van der Waals surface area contributed by atoms with Gasteiger partial charge in [-0.3, -0.25) is 0 Å². The second-order valence-electron chi connectivity index (χ2n) is 3.67. The molecule has 0 spiro atoms. The summed E-state index contributed by atoms with van der Waals surface area (Å²) in [4.78, 5) is 2.34. The molecule has 3 heterocycles. The summed E-state index contributed by atoms with van der Waals surface area (Å²) in [5, 5.41) is 6.20. The summed E-state index contributed by atoms with van der Waals surface area (Å²) in [6.45, 7) is 2.25. The fraction of sp³-hybridized carbons (Fsp3) is 0.500. The molecule has 1 fully saturated rings. The fourth-order valence-corrected chi connectivity index (χ4v) is 2.79. The average molecular weight is 208 g/mol. The molecule has 1 aliphatic rings. The molecule has 2 aromatic rings. The largest absolute Gasteiger partial charge is 0.353 e. The van der Waals surface area contributed by atoms with Crippen LogP contribution >= 0.6 is 11.3 Å². The molecule has 0 atom stereocenters. The Hall–Kier alpha value is -1.03.